The normalized spacial score (nSPS) is 17.7. The largest absolute Gasteiger partial charge is 0.386 e. The van der Waals surface area contributed by atoms with Gasteiger partial charge in [0.05, 0.1) is 18.7 Å². The lowest BCUT2D eigenvalue weighted by Crippen LogP contribution is -2.61. The molecule has 1 amide bonds. The van der Waals surface area contributed by atoms with Crippen LogP contribution in [0.1, 0.15) is 18.9 Å². The van der Waals surface area contributed by atoms with E-state index < -0.39 is 5.60 Å². The summed E-state index contributed by atoms with van der Waals surface area (Å²) in [6.07, 6.45) is 1.01. The molecule has 0 unspecified atom stereocenters. The van der Waals surface area contributed by atoms with Crippen LogP contribution in [-0.2, 0) is 11.2 Å². The van der Waals surface area contributed by atoms with Crippen LogP contribution >= 0.6 is 0 Å². The summed E-state index contributed by atoms with van der Waals surface area (Å²) in [6.45, 7) is 2.54. The number of hydrogen-bond donors (Lipinski definition) is 1. The molecule has 1 aromatic rings. The molecule has 1 aliphatic heterocycles. The van der Waals surface area contributed by atoms with Gasteiger partial charge in [-0.25, -0.2) is 4.39 Å². The first-order chi connectivity index (χ1) is 7.96. The summed E-state index contributed by atoms with van der Waals surface area (Å²) in [5, 5.41) is 9.51. The molecule has 0 bridgehead atoms. The molecular formula is C13H16FNO2. The predicted molar refractivity (Wildman–Crippen MR) is 61.9 cm³/mol. The summed E-state index contributed by atoms with van der Waals surface area (Å²) < 4.78 is 12.7. The lowest BCUT2D eigenvalue weighted by atomic mass is 9.96. The second-order valence-corrected chi connectivity index (χ2v) is 4.87. The second kappa shape index (κ2) is 4.45. The van der Waals surface area contributed by atoms with E-state index in [1.165, 1.54) is 12.1 Å². The molecule has 0 atom stereocenters. The van der Waals surface area contributed by atoms with Crippen LogP contribution in [0.15, 0.2) is 24.3 Å². The van der Waals surface area contributed by atoms with Crippen LogP contribution in [0, 0.1) is 5.82 Å². The van der Waals surface area contributed by atoms with Crippen molar-refractivity contribution in [2.45, 2.75) is 25.4 Å². The summed E-state index contributed by atoms with van der Waals surface area (Å²) in [5.41, 5.74) is 0.234. The number of carbonyl (C=O) groups excluding carboxylic acids is 1. The molecule has 1 heterocycles. The molecular weight excluding hydrogens is 221 g/mol. The maximum Gasteiger partial charge on any atom is 0.223 e. The van der Waals surface area contributed by atoms with Gasteiger partial charge in [-0.2, -0.15) is 0 Å². The molecule has 4 heteroatoms. The highest BCUT2D eigenvalue weighted by Crippen LogP contribution is 2.20. The molecule has 1 aliphatic rings. The minimum Gasteiger partial charge on any atom is -0.386 e. The van der Waals surface area contributed by atoms with E-state index in [4.69, 9.17) is 0 Å². The molecule has 1 saturated heterocycles. The van der Waals surface area contributed by atoms with Crippen molar-refractivity contribution >= 4 is 5.91 Å². The number of hydrogen-bond acceptors (Lipinski definition) is 2. The third kappa shape index (κ3) is 3.03. The van der Waals surface area contributed by atoms with Crippen LogP contribution < -0.4 is 0 Å². The Morgan fingerprint density at radius 3 is 2.53 bits per heavy atom. The standard InChI is InChI=1S/C13H16FNO2/c1-13(17)8-15(9-13)12(16)7-4-10-2-5-11(14)6-3-10/h2-3,5-6,17H,4,7-9H2,1H3. The molecule has 17 heavy (non-hydrogen) atoms. The van der Waals surface area contributed by atoms with Gasteiger partial charge in [0.2, 0.25) is 5.91 Å². The highest BCUT2D eigenvalue weighted by molar-refractivity contribution is 5.77. The van der Waals surface area contributed by atoms with Crippen molar-refractivity contribution in [1.82, 2.24) is 4.90 Å². The van der Waals surface area contributed by atoms with E-state index in [1.807, 2.05) is 0 Å². The van der Waals surface area contributed by atoms with Gasteiger partial charge in [0.25, 0.3) is 0 Å². The van der Waals surface area contributed by atoms with Gasteiger partial charge in [-0.1, -0.05) is 12.1 Å². The number of rotatable bonds is 3. The van der Waals surface area contributed by atoms with Crippen molar-refractivity contribution in [2.75, 3.05) is 13.1 Å². The quantitative estimate of drug-likeness (QED) is 0.862. The first-order valence-electron chi connectivity index (χ1n) is 5.71. The van der Waals surface area contributed by atoms with Gasteiger partial charge in [-0.15, -0.1) is 0 Å². The summed E-state index contributed by atoms with van der Waals surface area (Å²) in [5.74, 6) is -0.222. The Morgan fingerprint density at radius 1 is 1.41 bits per heavy atom. The Kier molecular flexibility index (Phi) is 3.15. The number of benzene rings is 1. The Morgan fingerprint density at radius 2 is 2.00 bits per heavy atom. The van der Waals surface area contributed by atoms with Crippen molar-refractivity contribution in [3.63, 3.8) is 0 Å². The third-order valence-electron chi connectivity index (χ3n) is 2.96. The summed E-state index contributed by atoms with van der Waals surface area (Å²) >= 11 is 0. The van der Waals surface area contributed by atoms with Crippen LogP contribution in [0.4, 0.5) is 4.39 Å². The highest BCUT2D eigenvalue weighted by Gasteiger charge is 2.38. The Balaban J connectivity index is 1.79. The van der Waals surface area contributed by atoms with Crippen molar-refractivity contribution in [3.8, 4) is 0 Å². The topological polar surface area (TPSA) is 40.5 Å². The van der Waals surface area contributed by atoms with Crippen LogP contribution in [0.5, 0.6) is 0 Å². The minimum atomic E-state index is -0.717. The zero-order valence-corrected chi connectivity index (χ0v) is 9.82. The van der Waals surface area contributed by atoms with Crippen LogP contribution in [0.2, 0.25) is 0 Å². The van der Waals surface area contributed by atoms with Gasteiger partial charge in [0, 0.05) is 6.42 Å². The van der Waals surface area contributed by atoms with Gasteiger partial charge < -0.3 is 10.0 Å². The maximum atomic E-state index is 12.7. The fourth-order valence-corrected chi connectivity index (χ4v) is 2.01. The predicted octanol–water partition coefficient (Wildman–Crippen LogP) is 1.35. The van der Waals surface area contributed by atoms with Crippen molar-refractivity contribution in [2.24, 2.45) is 0 Å². The number of nitrogens with zero attached hydrogens (tertiary/aromatic N) is 1. The first-order valence-corrected chi connectivity index (χ1v) is 5.71. The molecule has 0 aromatic heterocycles. The minimum absolute atomic E-state index is 0.0425. The zero-order chi connectivity index (χ0) is 12.5. The number of aliphatic hydroxyl groups is 1. The van der Waals surface area contributed by atoms with Gasteiger partial charge >= 0.3 is 0 Å². The lowest BCUT2D eigenvalue weighted by Gasteiger charge is -2.44. The van der Waals surface area contributed by atoms with Crippen molar-refractivity contribution in [1.29, 1.82) is 0 Å². The average molecular weight is 237 g/mol. The summed E-state index contributed by atoms with van der Waals surface area (Å²) in [4.78, 5) is 13.3. The van der Waals surface area contributed by atoms with E-state index in [1.54, 1.807) is 24.0 Å². The fraction of sp³-hybridized carbons (Fsp3) is 0.462. The number of likely N-dealkylation sites (tertiary alicyclic amines) is 1. The molecule has 0 radical (unpaired) electrons. The molecule has 0 aliphatic carbocycles. The number of halogens is 1. The molecule has 0 spiro atoms. The van der Waals surface area contributed by atoms with Crippen LogP contribution in [-0.4, -0.2) is 34.6 Å². The Bertz CT molecular complexity index is 406. The number of amides is 1. The molecule has 1 fully saturated rings. The third-order valence-corrected chi connectivity index (χ3v) is 2.96. The van der Waals surface area contributed by atoms with Gasteiger partial charge in [-0.3, -0.25) is 4.79 Å². The van der Waals surface area contributed by atoms with Gasteiger partial charge in [-0.05, 0) is 31.0 Å². The van der Waals surface area contributed by atoms with E-state index in [9.17, 15) is 14.3 Å². The first kappa shape index (κ1) is 12.0. The maximum absolute atomic E-state index is 12.7. The van der Waals surface area contributed by atoms with Gasteiger partial charge in [0.1, 0.15) is 5.82 Å². The second-order valence-electron chi connectivity index (χ2n) is 4.87. The zero-order valence-electron chi connectivity index (χ0n) is 9.82. The monoisotopic (exact) mass is 237 g/mol. The smallest absolute Gasteiger partial charge is 0.223 e. The molecule has 3 nitrogen and oxygen atoms in total. The van der Waals surface area contributed by atoms with E-state index >= 15 is 0 Å². The number of β-amino-alcohol motifs (C(OH)–C–C–N with tert-alkyl or cyclic N) is 1. The molecule has 2 rings (SSSR count). The molecule has 92 valence electrons. The summed E-state index contributed by atoms with van der Waals surface area (Å²) in [7, 11) is 0. The SMILES string of the molecule is CC1(O)CN(C(=O)CCc2ccc(F)cc2)C1. The lowest BCUT2D eigenvalue weighted by molar-refractivity contribution is -0.152. The Labute approximate surface area is 99.9 Å². The van der Waals surface area contributed by atoms with Crippen LogP contribution in [0.25, 0.3) is 0 Å². The van der Waals surface area contributed by atoms with Crippen molar-refractivity contribution in [3.05, 3.63) is 35.6 Å². The van der Waals surface area contributed by atoms with E-state index in [2.05, 4.69) is 0 Å². The molecule has 1 N–H and O–H groups in total. The number of carbonyl (C=O) groups is 1. The van der Waals surface area contributed by atoms with E-state index in [0.29, 0.717) is 25.9 Å². The fourth-order valence-electron chi connectivity index (χ4n) is 2.01. The average Bonchev–Trinajstić information content (AvgIpc) is 2.24. The Hall–Kier alpha value is -1.42. The van der Waals surface area contributed by atoms with Crippen LogP contribution in [0.3, 0.4) is 0 Å². The molecule has 0 saturated carbocycles. The van der Waals surface area contributed by atoms with E-state index in [-0.39, 0.29) is 11.7 Å². The van der Waals surface area contributed by atoms with E-state index in [0.717, 1.165) is 5.56 Å². The van der Waals surface area contributed by atoms with Crippen molar-refractivity contribution < 1.29 is 14.3 Å². The highest BCUT2D eigenvalue weighted by atomic mass is 19.1. The summed E-state index contributed by atoms with van der Waals surface area (Å²) in [6, 6.07) is 6.17. The molecule has 1 aromatic carbocycles. The van der Waals surface area contributed by atoms with Gasteiger partial charge in [0.15, 0.2) is 0 Å². The number of aryl methyl sites for hydroxylation is 1.